The number of nitrogens with zero attached hydrogens (tertiary/aromatic N) is 4. The van der Waals surface area contributed by atoms with Gasteiger partial charge in [0.25, 0.3) is 0 Å². The first-order valence-corrected chi connectivity index (χ1v) is 13.2. The largest absolute Gasteiger partial charge is 0.490 e. The molecular formula is C27H37ClF3N5O3. The van der Waals surface area contributed by atoms with Crippen LogP contribution in [0.5, 0.6) is 5.75 Å². The molecule has 0 radical (unpaired) electrons. The summed E-state index contributed by atoms with van der Waals surface area (Å²) in [5.74, 6) is -1.74. The number of carbonyl (C=O) groups is 1. The van der Waals surface area contributed by atoms with Gasteiger partial charge < -0.3 is 25.0 Å². The van der Waals surface area contributed by atoms with E-state index in [1.807, 2.05) is 13.8 Å². The van der Waals surface area contributed by atoms with Crippen LogP contribution in [0.25, 0.3) is 0 Å². The van der Waals surface area contributed by atoms with E-state index >= 15 is 0 Å². The van der Waals surface area contributed by atoms with Gasteiger partial charge >= 0.3 is 6.09 Å². The predicted molar refractivity (Wildman–Crippen MR) is 144 cm³/mol. The lowest BCUT2D eigenvalue weighted by Crippen LogP contribution is -2.41. The fourth-order valence-corrected chi connectivity index (χ4v) is 5.22. The molecule has 216 valence electrons. The average molecular weight is 572 g/mol. The highest BCUT2D eigenvalue weighted by Crippen LogP contribution is 2.32. The Balaban J connectivity index is 0.00000420. The number of hydrogen-bond acceptors (Lipinski definition) is 7. The molecule has 1 aromatic heterocycles. The summed E-state index contributed by atoms with van der Waals surface area (Å²) < 4.78 is 52.4. The van der Waals surface area contributed by atoms with Gasteiger partial charge in [0, 0.05) is 44.2 Å². The van der Waals surface area contributed by atoms with Gasteiger partial charge in [0.1, 0.15) is 5.82 Å². The minimum absolute atomic E-state index is 0. The lowest BCUT2D eigenvalue weighted by Gasteiger charge is -2.34. The summed E-state index contributed by atoms with van der Waals surface area (Å²) in [6.07, 6.45) is 5.58. The van der Waals surface area contributed by atoms with Crippen molar-refractivity contribution in [2.75, 3.05) is 37.7 Å². The van der Waals surface area contributed by atoms with Gasteiger partial charge in [0.15, 0.2) is 17.4 Å². The number of aromatic nitrogens is 2. The Bertz CT molecular complexity index is 1100. The molecule has 39 heavy (non-hydrogen) atoms. The molecule has 0 spiro atoms. The number of likely N-dealkylation sites (tertiary alicyclic amines) is 1. The van der Waals surface area contributed by atoms with E-state index in [9.17, 15) is 18.0 Å². The van der Waals surface area contributed by atoms with E-state index in [2.05, 4.69) is 16.9 Å². The summed E-state index contributed by atoms with van der Waals surface area (Å²) in [5, 5.41) is 0. The van der Waals surface area contributed by atoms with Crippen molar-refractivity contribution < 1.29 is 27.4 Å². The SMILES string of the molecule is CC(C)OC(=O)N1CCC([C@H](C)CCOc2cnc(N3C[C@H](c4cc(F)c(F)cc4F)[C@@H](N)C3)nc2)CC1.Cl. The molecule has 2 aromatic rings. The number of piperidine rings is 1. The maximum atomic E-state index is 14.3. The maximum absolute atomic E-state index is 14.3. The fourth-order valence-electron chi connectivity index (χ4n) is 5.22. The van der Waals surface area contributed by atoms with Crippen LogP contribution in [0.1, 0.15) is 51.5 Å². The highest BCUT2D eigenvalue weighted by atomic mass is 35.5. The van der Waals surface area contributed by atoms with Gasteiger partial charge in [-0.15, -0.1) is 12.4 Å². The predicted octanol–water partition coefficient (Wildman–Crippen LogP) is 4.91. The number of anilines is 1. The highest BCUT2D eigenvalue weighted by molar-refractivity contribution is 5.85. The van der Waals surface area contributed by atoms with E-state index in [4.69, 9.17) is 15.2 Å². The summed E-state index contributed by atoms with van der Waals surface area (Å²) in [5.41, 5.74) is 6.24. The smallest absolute Gasteiger partial charge is 0.410 e. The number of hydrogen-bond donors (Lipinski definition) is 1. The normalized spacial score (nSPS) is 20.6. The Kier molecular flexibility index (Phi) is 10.7. The summed E-state index contributed by atoms with van der Waals surface area (Å²) >= 11 is 0. The molecule has 2 N–H and O–H groups in total. The van der Waals surface area contributed by atoms with Crippen LogP contribution in [0.3, 0.4) is 0 Å². The second kappa shape index (κ2) is 13.5. The molecule has 0 bridgehead atoms. The van der Waals surface area contributed by atoms with E-state index in [0.717, 1.165) is 25.3 Å². The maximum Gasteiger partial charge on any atom is 0.410 e. The standard InChI is InChI=1S/C27H36F3N5O3.ClH/c1-16(2)38-27(36)34-7-4-18(5-8-34)17(3)6-9-37-19-12-32-26(33-13-19)35-14-21(25(31)15-35)20-10-23(29)24(30)11-22(20)28;/h10-13,16-18,21,25H,4-9,14-15,31H2,1-3H3;1H/t17-,21-,25+;/m1./s1. The molecule has 8 nitrogen and oxygen atoms in total. The Labute approximate surface area is 233 Å². The van der Waals surface area contributed by atoms with Gasteiger partial charge in [-0.1, -0.05) is 6.92 Å². The Morgan fingerprint density at radius 3 is 2.33 bits per heavy atom. The van der Waals surface area contributed by atoms with Gasteiger partial charge in [-0.25, -0.2) is 27.9 Å². The third-order valence-electron chi connectivity index (χ3n) is 7.48. The van der Waals surface area contributed by atoms with Gasteiger partial charge in [-0.3, -0.25) is 0 Å². The topological polar surface area (TPSA) is 93.8 Å². The van der Waals surface area contributed by atoms with Crippen LogP contribution in [0.2, 0.25) is 0 Å². The lowest BCUT2D eigenvalue weighted by atomic mass is 9.84. The number of carbonyl (C=O) groups excluding carboxylic acids is 1. The molecule has 0 saturated carbocycles. The second-order valence-corrected chi connectivity index (χ2v) is 10.6. The monoisotopic (exact) mass is 571 g/mol. The molecule has 1 aromatic carbocycles. The molecule has 0 aliphatic carbocycles. The quantitative estimate of drug-likeness (QED) is 0.450. The number of nitrogens with two attached hydrogens (primary N) is 1. The van der Waals surface area contributed by atoms with E-state index in [-0.39, 0.29) is 36.7 Å². The minimum Gasteiger partial charge on any atom is -0.490 e. The van der Waals surface area contributed by atoms with Crippen molar-refractivity contribution in [2.24, 2.45) is 17.6 Å². The van der Waals surface area contributed by atoms with Crippen LogP contribution in [-0.2, 0) is 4.74 Å². The lowest BCUT2D eigenvalue weighted by molar-refractivity contribution is 0.0596. The van der Waals surface area contributed by atoms with Crippen molar-refractivity contribution in [3.05, 3.63) is 47.5 Å². The number of amides is 1. The van der Waals surface area contributed by atoms with Crippen LogP contribution in [-0.4, -0.2) is 65.9 Å². The zero-order chi connectivity index (χ0) is 27.4. The van der Waals surface area contributed by atoms with Crippen LogP contribution in [0.15, 0.2) is 24.5 Å². The summed E-state index contributed by atoms with van der Waals surface area (Å²) in [6.45, 7) is 8.49. The van der Waals surface area contributed by atoms with E-state index < -0.39 is 29.4 Å². The molecule has 2 aliphatic rings. The first kappa shape index (κ1) is 30.7. The zero-order valence-electron chi connectivity index (χ0n) is 22.5. The number of halogens is 4. The van der Waals surface area contributed by atoms with Gasteiger partial charge in [-0.2, -0.15) is 0 Å². The van der Waals surface area contributed by atoms with Crippen molar-refractivity contribution in [3.8, 4) is 5.75 Å². The molecular weight excluding hydrogens is 535 g/mol. The molecule has 4 rings (SSSR count). The van der Waals surface area contributed by atoms with Crippen molar-refractivity contribution in [3.63, 3.8) is 0 Å². The van der Waals surface area contributed by atoms with Crippen LogP contribution < -0.4 is 15.4 Å². The Hall–Kier alpha value is -2.79. The fraction of sp³-hybridized carbons (Fsp3) is 0.593. The first-order chi connectivity index (χ1) is 18.1. The Morgan fingerprint density at radius 1 is 1.05 bits per heavy atom. The summed E-state index contributed by atoms with van der Waals surface area (Å²) in [6, 6.07) is 0.945. The van der Waals surface area contributed by atoms with E-state index in [0.29, 0.717) is 55.8 Å². The average Bonchev–Trinajstić information content (AvgIpc) is 3.27. The Morgan fingerprint density at radius 2 is 1.69 bits per heavy atom. The first-order valence-electron chi connectivity index (χ1n) is 13.2. The van der Waals surface area contributed by atoms with Gasteiger partial charge in [-0.05, 0) is 56.6 Å². The third kappa shape index (κ3) is 7.66. The van der Waals surface area contributed by atoms with E-state index in [1.165, 1.54) is 0 Å². The highest BCUT2D eigenvalue weighted by Gasteiger charge is 2.35. The van der Waals surface area contributed by atoms with Gasteiger partial charge in [0.2, 0.25) is 5.95 Å². The molecule has 1 amide bonds. The van der Waals surface area contributed by atoms with Crippen molar-refractivity contribution in [1.82, 2.24) is 14.9 Å². The molecule has 12 heteroatoms. The van der Waals surface area contributed by atoms with Crippen molar-refractivity contribution in [2.45, 2.75) is 58.1 Å². The van der Waals surface area contributed by atoms with Crippen molar-refractivity contribution >= 4 is 24.4 Å². The molecule has 2 fully saturated rings. The zero-order valence-corrected chi connectivity index (χ0v) is 23.3. The van der Waals surface area contributed by atoms with Crippen LogP contribution in [0, 0.1) is 29.3 Å². The molecule has 3 heterocycles. The summed E-state index contributed by atoms with van der Waals surface area (Å²) in [7, 11) is 0. The van der Waals surface area contributed by atoms with Crippen LogP contribution >= 0.6 is 12.4 Å². The van der Waals surface area contributed by atoms with Crippen molar-refractivity contribution in [1.29, 1.82) is 0 Å². The second-order valence-electron chi connectivity index (χ2n) is 10.6. The number of benzene rings is 1. The minimum atomic E-state index is -1.22. The molecule has 2 aliphatic heterocycles. The molecule has 0 unspecified atom stereocenters. The summed E-state index contributed by atoms with van der Waals surface area (Å²) in [4.78, 5) is 24.4. The van der Waals surface area contributed by atoms with Crippen LogP contribution in [0.4, 0.5) is 23.9 Å². The number of rotatable bonds is 8. The van der Waals surface area contributed by atoms with E-state index in [1.54, 1.807) is 22.2 Å². The number of ether oxygens (including phenoxy) is 2. The molecule has 2 saturated heterocycles. The third-order valence-corrected chi connectivity index (χ3v) is 7.48. The molecule has 3 atom stereocenters. The van der Waals surface area contributed by atoms with Gasteiger partial charge in [0.05, 0.1) is 25.1 Å².